The summed E-state index contributed by atoms with van der Waals surface area (Å²) in [6.07, 6.45) is 5.81. The molecule has 4 heteroatoms. The summed E-state index contributed by atoms with van der Waals surface area (Å²) in [7, 11) is 0. The minimum Gasteiger partial charge on any atom is -0.264 e. The highest BCUT2D eigenvalue weighted by Gasteiger charge is 2.49. The monoisotopic (exact) mass is 235 g/mol. The van der Waals surface area contributed by atoms with Gasteiger partial charge in [-0.15, -0.1) is 17.0 Å². The molecule has 70 valence electrons. The predicted octanol–water partition coefficient (Wildman–Crippen LogP) is 2.56. The Hall–Kier alpha value is -0.120. The maximum absolute atomic E-state index is 10.7. The quantitative estimate of drug-likeness (QED) is 0.518. The van der Waals surface area contributed by atoms with Gasteiger partial charge in [-0.05, 0) is 25.2 Å². The Kier molecular flexibility index (Phi) is 2.76. The van der Waals surface area contributed by atoms with Crippen LogP contribution < -0.4 is 0 Å². The molecule has 2 bridgehead atoms. The van der Waals surface area contributed by atoms with Gasteiger partial charge in [0.1, 0.15) is 0 Å². The van der Waals surface area contributed by atoms with Crippen molar-refractivity contribution < 1.29 is 4.92 Å². The largest absolute Gasteiger partial charge is 0.264 e. The van der Waals surface area contributed by atoms with Crippen LogP contribution in [0.1, 0.15) is 38.5 Å². The summed E-state index contributed by atoms with van der Waals surface area (Å²) >= 11 is 0. The molecule has 0 heterocycles. The van der Waals surface area contributed by atoms with E-state index in [0.29, 0.717) is 0 Å². The molecule has 0 amide bonds. The predicted molar refractivity (Wildman–Crippen MR) is 51.2 cm³/mol. The number of nitrogens with zero attached hydrogens (tertiary/aromatic N) is 1. The molecule has 0 aromatic carbocycles. The molecule has 3 aliphatic rings. The smallest absolute Gasteiger partial charge is 0.222 e. The summed E-state index contributed by atoms with van der Waals surface area (Å²) in [4.78, 5) is 10.7. The minimum atomic E-state index is -0.491. The summed E-state index contributed by atoms with van der Waals surface area (Å²) in [5.74, 6) is 0.817. The van der Waals surface area contributed by atoms with Gasteiger partial charge >= 0.3 is 0 Å². The van der Waals surface area contributed by atoms with Crippen LogP contribution in [0.4, 0.5) is 0 Å². The first kappa shape index (κ1) is 9.96. The van der Waals surface area contributed by atoms with Crippen molar-refractivity contribution in [3.05, 3.63) is 10.1 Å². The van der Waals surface area contributed by atoms with Gasteiger partial charge in [0.25, 0.3) is 0 Å². The van der Waals surface area contributed by atoms with Gasteiger partial charge in [-0.3, -0.25) is 10.1 Å². The topological polar surface area (TPSA) is 43.1 Å². The minimum absolute atomic E-state index is 0. The summed E-state index contributed by atoms with van der Waals surface area (Å²) in [6.45, 7) is 0. The van der Waals surface area contributed by atoms with Crippen LogP contribution in [0.5, 0.6) is 0 Å². The van der Waals surface area contributed by atoms with E-state index in [0.717, 1.165) is 44.4 Å². The van der Waals surface area contributed by atoms with E-state index in [1.165, 1.54) is 0 Å². The Bertz CT molecular complexity index is 174. The SMILES string of the molecule is Br.O=[N+]([O-])C12CCC(CC1)CC2. The molecule has 3 nitrogen and oxygen atoms in total. The van der Waals surface area contributed by atoms with Crippen molar-refractivity contribution in [3.63, 3.8) is 0 Å². The van der Waals surface area contributed by atoms with Gasteiger partial charge in [0, 0.05) is 24.2 Å². The van der Waals surface area contributed by atoms with E-state index in [9.17, 15) is 10.1 Å². The van der Waals surface area contributed by atoms with Crippen LogP contribution in [0.2, 0.25) is 0 Å². The van der Waals surface area contributed by atoms with Crippen molar-refractivity contribution in [3.8, 4) is 0 Å². The molecule has 12 heavy (non-hydrogen) atoms. The highest BCUT2D eigenvalue weighted by atomic mass is 79.9. The van der Waals surface area contributed by atoms with Gasteiger partial charge in [-0.25, -0.2) is 0 Å². The van der Waals surface area contributed by atoms with Crippen LogP contribution in [0.25, 0.3) is 0 Å². The Morgan fingerprint density at radius 2 is 1.58 bits per heavy atom. The molecule has 0 unspecified atom stereocenters. The molecule has 3 aliphatic carbocycles. The lowest BCUT2D eigenvalue weighted by molar-refractivity contribution is -0.581. The normalized spacial score (nSPS) is 38.8. The molecule has 3 fully saturated rings. The maximum atomic E-state index is 10.7. The van der Waals surface area contributed by atoms with Gasteiger partial charge in [0.15, 0.2) is 0 Å². The zero-order valence-electron chi connectivity index (χ0n) is 6.99. The highest BCUT2D eigenvalue weighted by Crippen LogP contribution is 2.45. The fourth-order valence-corrected chi connectivity index (χ4v) is 2.50. The van der Waals surface area contributed by atoms with Crippen LogP contribution >= 0.6 is 17.0 Å². The Balaban J connectivity index is 0.000000720. The van der Waals surface area contributed by atoms with Gasteiger partial charge in [0.05, 0.1) is 0 Å². The molecule has 0 aromatic heterocycles. The van der Waals surface area contributed by atoms with Crippen molar-refractivity contribution in [1.82, 2.24) is 0 Å². The third kappa shape index (κ3) is 1.37. The average molecular weight is 236 g/mol. The molecule has 0 spiro atoms. The number of fused-ring (bicyclic) bond motifs is 3. The highest BCUT2D eigenvalue weighted by molar-refractivity contribution is 8.93. The van der Waals surface area contributed by atoms with Gasteiger partial charge in [-0.2, -0.15) is 0 Å². The number of hydrogen-bond donors (Lipinski definition) is 0. The number of rotatable bonds is 1. The van der Waals surface area contributed by atoms with Gasteiger partial charge in [-0.1, -0.05) is 0 Å². The lowest BCUT2D eigenvalue weighted by Gasteiger charge is -2.39. The molecule has 0 N–H and O–H groups in total. The van der Waals surface area contributed by atoms with Crippen LogP contribution in [-0.4, -0.2) is 10.5 Å². The summed E-state index contributed by atoms with van der Waals surface area (Å²) < 4.78 is 0. The molecule has 0 aromatic rings. The van der Waals surface area contributed by atoms with E-state index in [2.05, 4.69) is 0 Å². The van der Waals surface area contributed by atoms with Crippen molar-refractivity contribution >= 4 is 17.0 Å². The molecule has 3 rings (SSSR count). The molecule has 0 saturated heterocycles. The zero-order valence-corrected chi connectivity index (χ0v) is 8.71. The van der Waals surface area contributed by atoms with Crippen LogP contribution in [0.3, 0.4) is 0 Å². The first-order chi connectivity index (χ1) is 5.23. The summed E-state index contributed by atoms with van der Waals surface area (Å²) in [5.41, 5.74) is -0.491. The molecular weight excluding hydrogens is 222 g/mol. The molecular formula is C8H14BrNO2. The van der Waals surface area contributed by atoms with Crippen LogP contribution in [-0.2, 0) is 0 Å². The van der Waals surface area contributed by atoms with Crippen molar-refractivity contribution in [2.24, 2.45) is 5.92 Å². The second-order valence-electron chi connectivity index (χ2n) is 3.96. The van der Waals surface area contributed by atoms with Gasteiger partial charge < -0.3 is 0 Å². The second kappa shape index (κ2) is 3.32. The fraction of sp³-hybridized carbons (Fsp3) is 1.00. The standard InChI is InChI=1S/C8H13NO2.BrH/c10-9(11)8-4-1-7(2-5-8)3-6-8;/h7H,1-6H2;1H. The Morgan fingerprint density at radius 1 is 1.17 bits per heavy atom. The van der Waals surface area contributed by atoms with E-state index in [1.54, 1.807) is 0 Å². The fourth-order valence-electron chi connectivity index (χ4n) is 2.50. The first-order valence-corrected chi connectivity index (χ1v) is 4.37. The average Bonchev–Trinajstić information content (AvgIpc) is 2.08. The van der Waals surface area contributed by atoms with Crippen LogP contribution in [0, 0.1) is 16.0 Å². The Labute approximate surface area is 82.4 Å². The summed E-state index contributed by atoms with van der Waals surface area (Å²) in [6, 6.07) is 0. The number of hydrogen-bond acceptors (Lipinski definition) is 2. The van der Waals surface area contributed by atoms with E-state index in [4.69, 9.17) is 0 Å². The zero-order chi connectivity index (χ0) is 7.90. The van der Waals surface area contributed by atoms with Crippen molar-refractivity contribution in [2.75, 3.05) is 0 Å². The van der Waals surface area contributed by atoms with E-state index < -0.39 is 5.54 Å². The lowest BCUT2D eigenvalue weighted by atomic mass is 9.66. The first-order valence-electron chi connectivity index (χ1n) is 4.37. The summed E-state index contributed by atoms with van der Waals surface area (Å²) in [5, 5.41) is 10.7. The second-order valence-corrected chi connectivity index (χ2v) is 3.96. The van der Waals surface area contributed by atoms with E-state index in [1.807, 2.05) is 0 Å². The van der Waals surface area contributed by atoms with Crippen molar-refractivity contribution in [2.45, 2.75) is 44.1 Å². The van der Waals surface area contributed by atoms with Crippen LogP contribution in [0.15, 0.2) is 0 Å². The number of nitro groups is 1. The maximum Gasteiger partial charge on any atom is 0.222 e. The molecule has 0 radical (unpaired) electrons. The molecule has 0 atom stereocenters. The van der Waals surface area contributed by atoms with E-state index in [-0.39, 0.29) is 21.9 Å². The third-order valence-electron chi connectivity index (χ3n) is 3.44. The Morgan fingerprint density at radius 3 is 1.83 bits per heavy atom. The third-order valence-corrected chi connectivity index (χ3v) is 3.44. The number of halogens is 1. The van der Waals surface area contributed by atoms with E-state index >= 15 is 0 Å². The lowest BCUT2D eigenvalue weighted by Crippen LogP contribution is -2.46. The molecule has 3 saturated carbocycles. The van der Waals surface area contributed by atoms with Gasteiger partial charge in [0.2, 0.25) is 5.54 Å². The molecule has 0 aliphatic heterocycles. The van der Waals surface area contributed by atoms with Crippen molar-refractivity contribution in [1.29, 1.82) is 0 Å².